The number of carbonyl (C=O) groups is 2. The van der Waals surface area contributed by atoms with Gasteiger partial charge in [-0.3, -0.25) is 9.59 Å². The summed E-state index contributed by atoms with van der Waals surface area (Å²) in [7, 11) is -3.13. The van der Waals surface area contributed by atoms with Gasteiger partial charge in [-0.2, -0.15) is 0 Å². The first-order valence-corrected chi connectivity index (χ1v) is 10.0. The maximum absolute atomic E-state index is 12.4. The molecule has 0 aliphatic carbocycles. The van der Waals surface area contributed by atoms with Crippen LogP contribution in [0.3, 0.4) is 0 Å². The lowest BCUT2D eigenvalue weighted by Gasteiger charge is -2.18. The first-order valence-electron chi connectivity index (χ1n) is 7.39. The highest BCUT2D eigenvalue weighted by Crippen LogP contribution is 2.31. The molecule has 1 aromatic carbocycles. The third-order valence-corrected chi connectivity index (χ3v) is 6.19. The minimum Gasteiger partial charge on any atom is -0.354 e. The number of para-hydroxylation sites is 1. The Morgan fingerprint density at radius 1 is 1.39 bits per heavy atom. The van der Waals surface area contributed by atoms with Crippen LogP contribution in [0.25, 0.3) is 0 Å². The second kappa shape index (κ2) is 7.44. The molecular weight excluding hydrogens is 384 g/mol. The molecule has 126 valence electrons. The van der Waals surface area contributed by atoms with Gasteiger partial charge in [0.15, 0.2) is 9.84 Å². The first-order chi connectivity index (χ1) is 10.9. The van der Waals surface area contributed by atoms with E-state index in [0.29, 0.717) is 13.0 Å². The number of anilines is 1. The largest absolute Gasteiger partial charge is 0.354 e. The minimum absolute atomic E-state index is 0.0355. The number of rotatable bonds is 6. The molecule has 0 spiro atoms. The van der Waals surface area contributed by atoms with Crippen LogP contribution in [-0.2, 0) is 19.4 Å². The van der Waals surface area contributed by atoms with Crippen molar-refractivity contribution in [1.82, 2.24) is 5.32 Å². The van der Waals surface area contributed by atoms with Crippen LogP contribution in [0.5, 0.6) is 0 Å². The van der Waals surface area contributed by atoms with Gasteiger partial charge in [-0.15, -0.1) is 0 Å². The van der Waals surface area contributed by atoms with Crippen LogP contribution >= 0.6 is 15.9 Å². The number of nitrogens with zero attached hydrogens (tertiary/aromatic N) is 1. The fraction of sp³-hybridized carbons (Fsp3) is 0.467. The predicted molar refractivity (Wildman–Crippen MR) is 91.9 cm³/mol. The molecule has 1 unspecified atom stereocenters. The van der Waals surface area contributed by atoms with Crippen molar-refractivity contribution in [2.45, 2.75) is 13.3 Å². The predicted octanol–water partition coefficient (Wildman–Crippen LogP) is 1.35. The van der Waals surface area contributed by atoms with Gasteiger partial charge in [0, 0.05) is 23.3 Å². The number of hydrogen-bond acceptors (Lipinski definition) is 4. The molecule has 6 nitrogen and oxygen atoms in total. The van der Waals surface area contributed by atoms with E-state index in [1.54, 1.807) is 11.8 Å². The highest BCUT2D eigenvalue weighted by molar-refractivity contribution is 9.10. The summed E-state index contributed by atoms with van der Waals surface area (Å²) in [6.45, 7) is 2.06. The maximum atomic E-state index is 12.4. The summed E-state index contributed by atoms with van der Waals surface area (Å²) in [5.41, 5.74) is 0.737. The summed E-state index contributed by atoms with van der Waals surface area (Å²) in [6, 6.07) is 7.34. The molecule has 0 radical (unpaired) electrons. The highest BCUT2D eigenvalue weighted by Gasteiger charge is 2.38. The lowest BCUT2D eigenvalue weighted by molar-refractivity contribution is -0.132. The molecule has 1 fully saturated rings. The Kier molecular flexibility index (Phi) is 5.80. The van der Waals surface area contributed by atoms with Gasteiger partial charge in [0.05, 0.1) is 11.4 Å². The maximum Gasteiger partial charge on any atom is 0.239 e. The van der Waals surface area contributed by atoms with Crippen LogP contribution < -0.4 is 10.2 Å². The Labute approximate surface area is 144 Å². The highest BCUT2D eigenvalue weighted by atomic mass is 79.9. The van der Waals surface area contributed by atoms with Crippen molar-refractivity contribution in [2.24, 2.45) is 5.92 Å². The van der Waals surface area contributed by atoms with Gasteiger partial charge in [0.1, 0.15) is 5.92 Å². The average Bonchev–Trinajstić information content (AvgIpc) is 2.89. The number of amides is 2. The summed E-state index contributed by atoms with van der Waals surface area (Å²) in [5.74, 6) is -1.49. The van der Waals surface area contributed by atoms with Gasteiger partial charge in [0.2, 0.25) is 11.8 Å². The first kappa shape index (κ1) is 17.9. The van der Waals surface area contributed by atoms with Gasteiger partial charge < -0.3 is 10.2 Å². The molecule has 1 N–H and O–H groups in total. The van der Waals surface area contributed by atoms with Crippen LogP contribution in [0.2, 0.25) is 0 Å². The van der Waals surface area contributed by atoms with Crippen molar-refractivity contribution in [2.75, 3.05) is 29.5 Å². The fourth-order valence-electron chi connectivity index (χ4n) is 2.43. The normalized spacial score (nSPS) is 18.3. The molecule has 2 rings (SSSR count). The van der Waals surface area contributed by atoms with Crippen molar-refractivity contribution < 1.29 is 18.0 Å². The summed E-state index contributed by atoms with van der Waals surface area (Å²) in [5, 5.41) is 2.55. The number of sulfone groups is 1. The monoisotopic (exact) mass is 402 g/mol. The van der Waals surface area contributed by atoms with Gasteiger partial charge in [0.25, 0.3) is 0 Å². The smallest absolute Gasteiger partial charge is 0.239 e. The van der Waals surface area contributed by atoms with E-state index in [4.69, 9.17) is 0 Å². The zero-order valence-corrected chi connectivity index (χ0v) is 15.2. The molecule has 1 saturated heterocycles. The standard InChI is InChI=1S/C15H19BrN2O4S/c1-2-23(21,22)10-8-17-14(19)11-7-9-18(15(11)20)13-6-4-3-5-12(13)16/h3-6,11H,2,7-10H2,1H3,(H,17,19). The lowest BCUT2D eigenvalue weighted by Crippen LogP contribution is -2.38. The van der Waals surface area contributed by atoms with Crippen LogP contribution in [0.4, 0.5) is 5.69 Å². The third kappa shape index (κ3) is 4.32. The van der Waals surface area contributed by atoms with Gasteiger partial charge in [-0.05, 0) is 34.5 Å². The van der Waals surface area contributed by atoms with E-state index in [9.17, 15) is 18.0 Å². The van der Waals surface area contributed by atoms with Crippen molar-refractivity contribution in [3.63, 3.8) is 0 Å². The van der Waals surface area contributed by atoms with E-state index in [-0.39, 0.29) is 24.0 Å². The van der Waals surface area contributed by atoms with Crippen molar-refractivity contribution in [3.8, 4) is 0 Å². The second-order valence-electron chi connectivity index (χ2n) is 5.31. The molecule has 2 amide bonds. The molecule has 1 aliphatic rings. The van der Waals surface area contributed by atoms with Crippen LogP contribution in [-0.4, -0.2) is 44.8 Å². The number of nitrogens with one attached hydrogen (secondary N) is 1. The number of hydrogen-bond donors (Lipinski definition) is 1. The lowest BCUT2D eigenvalue weighted by atomic mass is 10.1. The number of halogens is 1. The molecule has 8 heteroatoms. The molecule has 0 saturated carbocycles. The second-order valence-corrected chi connectivity index (χ2v) is 8.64. The molecule has 1 heterocycles. The van der Waals surface area contributed by atoms with Crippen molar-refractivity contribution >= 4 is 43.3 Å². The van der Waals surface area contributed by atoms with Gasteiger partial charge in [-0.1, -0.05) is 19.1 Å². The van der Waals surface area contributed by atoms with Crippen LogP contribution in [0.1, 0.15) is 13.3 Å². The molecule has 1 aliphatic heterocycles. The summed E-state index contributed by atoms with van der Waals surface area (Å²) in [6.07, 6.45) is 0.423. The van der Waals surface area contributed by atoms with E-state index in [2.05, 4.69) is 21.2 Å². The Hall–Kier alpha value is -1.41. The Bertz CT molecular complexity index is 705. The zero-order chi connectivity index (χ0) is 17.0. The Balaban J connectivity index is 1.96. The molecule has 0 bridgehead atoms. The van der Waals surface area contributed by atoms with Crippen molar-refractivity contribution in [3.05, 3.63) is 28.7 Å². The molecule has 1 atom stereocenters. The number of carbonyl (C=O) groups excluding carboxylic acids is 2. The van der Waals surface area contributed by atoms with Gasteiger partial charge >= 0.3 is 0 Å². The van der Waals surface area contributed by atoms with E-state index >= 15 is 0 Å². The summed E-state index contributed by atoms with van der Waals surface area (Å²) in [4.78, 5) is 26.1. The third-order valence-electron chi connectivity index (χ3n) is 3.82. The Morgan fingerprint density at radius 2 is 2.09 bits per heavy atom. The summed E-state index contributed by atoms with van der Waals surface area (Å²) >= 11 is 3.40. The van der Waals surface area contributed by atoms with Crippen molar-refractivity contribution in [1.29, 1.82) is 0 Å². The Morgan fingerprint density at radius 3 is 2.74 bits per heavy atom. The van der Waals surface area contributed by atoms with E-state index < -0.39 is 21.7 Å². The summed E-state index contributed by atoms with van der Waals surface area (Å²) < 4.78 is 23.6. The van der Waals surface area contributed by atoms with Gasteiger partial charge in [-0.25, -0.2) is 8.42 Å². The molecule has 1 aromatic rings. The fourth-order valence-corrected chi connectivity index (χ4v) is 3.63. The average molecular weight is 403 g/mol. The quantitative estimate of drug-likeness (QED) is 0.727. The van der Waals surface area contributed by atoms with E-state index in [0.717, 1.165) is 10.2 Å². The number of benzene rings is 1. The van der Waals surface area contributed by atoms with E-state index in [1.165, 1.54) is 0 Å². The molecule has 23 heavy (non-hydrogen) atoms. The molecular formula is C15H19BrN2O4S. The minimum atomic E-state index is -3.13. The topological polar surface area (TPSA) is 83.6 Å². The van der Waals surface area contributed by atoms with E-state index in [1.807, 2.05) is 24.3 Å². The molecule has 0 aromatic heterocycles. The van der Waals surface area contributed by atoms with Crippen LogP contribution in [0.15, 0.2) is 28.7 Å². The SMILES string of the molecule is CCS(=O)(=O)CCNC(=O)C1CCN(c2ccccc2Br)C1=O. The van der Waals surface area contributed by atoms with Crippen LogP contribution in [0, 0.1) is 5.92 Å². The zero-order valence-electron chi connectivity index (χ0n) is 12.8.